The molecule has 3 aromatic rings. The number of amides is 1. The molecule has 0 fully saturated rings. The van der Waals surface area contributed by atoms with Gasteiger partial charge in [0.05, 0.1) is 25.0 Å². The van der Waals surface area contributed by atoms with Gasteiger partial charge in [0.1, 0.15) is 12.4 Å². The van der Waals surface area contributed by atoms with E-state index in [2.05, 4.69) is 5.32 Å². The van der Waals surface area contributed by atoms with E-state index < -0.39 is 10.0 Å². The van der Waals surface area contributed by atoms with Gasteiger partial charge in [0.25, 0.3) is 5.91 Å². The zero-order valence-electron chi connectivity index (χ0n) is 21.0. The van der Waals surface area contributed by atoms with E-state index in [1.54, 1.807) is 24.3 Å². The number of para-hydroxylation sites is 1. The summed E-state index contributed by atoms with van der Waals surface area (Å²) in [5.41, 5.74) is 5.32. The number of hydrogen-bond donors (Lipinski definition) is 1. The quantitative estimate of drug-likeness (QED) is 0.393. The molecule has 0 saturated heterocycles. The minimum absolute atomic E-state index is 0.181. The Morgan fingerprint density at radius 3 is 2.29 bits per heavy atom. The largest absolute Gasteiger partial charge is 0.492 e. The molecule has 0 aromatic heterocycles. The van der Waals surface area contributed by atoms with Gasteiger partial charge < -0.3 is 10.1 Å². The van der Waals surface area contributed by atoms with Gasteiger partial charge in [0.2, 0.25) is 10.0 Å². The molecule has 3 aromatic carbocycles. The lowest BCUT2D eigenvalue weighted by Gasteiger charge is -2.26. The van der Waals surface area contributed by atoms with Crippen LogP contribution in [0.4, 0.5) is 5.69 Å². The van der Waals surface area contributed by atoms with Gasteiger partial charge in [0, 0.05) is 5.56 Å². The first-order valence-corrected chi connectivity index (χ1v) is 13.5. The summed E-state index contributed by atoms with van der Waals surface area (Å²) in [5.74, 6) is 0.757. The average Bonchev–Trinajstić information content (AvgIpc) is 2.82. The number of carbonyl (C=O) groups is 1. The van der Waals surface area contributed by atoms with Crippen molar-refractivity contribution in [1.82, 2.24) is 5.32 Å². The van der Waals surface area contributed by atoms with Gasteiger partial charge >= 0.3 is 0 Å². The number of ether oxygens (including phenoxy) is 1. The van der Waals surface area contributed by atoms with Gasteiger partial charge in [-0.3, -0.25) is 9.10 Å². The van der Waals surface area contributed by atoms with Crippen molar-refractivity contribution in [1.29, 1.82) is 0 Å². The molecule has 3 rings (SSSR count). The number of carbonyl (C=O) groups excluding carboxylic acids is 1. The molecule has 0 atom stereocenters. The summed E-state index contributed by atoms with van der Waals surface area (Å²) in [6, 6.07) is 20.5. The summed E-state index contributed by atoms with van der Waals surface area (Å²) in [5, 5.41) is 2.86. The Bertz CT molecular complexity index is 1270. The Morgan fingerprint density at radius 2 is 1.66 bits per heavy atom. The number of sulfonamides is 1. The van der Waals surface area contributed by atoms with Crippen molar-refractivity contribution < 1.29 is 17.9 Å². The molecule has 0 radical (unpaired) electrons. The smallest absolute Gasteiger partial charge is 0.251 e. The summed E-state index contributed by atoms with van der Waals surface area (Å²) in [4.78, 5) is 12.5. The van der Waals surface area contributed by atoms with E-state index in [0.29, 0.717) is 24.4 Å². The monoisotopic (exact) mass is 494 g/mol. The first kappa shape index (κ1) is 26.3. The standard InChI is InChI=1S/C28H34N2O4S/c1-20(2)26-8-6-7-9-27(26)30(35(5,32)33)19-23-11-13-24(14-12-23)28(31)29-16-17-34-25-15-10-21(3)22(4)18-25/h6-15,18,20H,16-17,19H2,1-5H3,(H,29,31). The van der Waals surface area contributed by atoms with E-state index in [0.717, 1.165) is 22.4 Å². The van der Waals surface area contributed by atoms with E-state index in [1.165, 1.54) is 16.1 Å². The van der Waals surface area contributed by atoms with Crippen molar-refractivity contribution in [3.05, 3.63) is 94.5 Å². The molecule has 1 amide bonds. The molecule has 0 spiro atoms. The van der Waals surface area contributed by atoms with Gasteiger partial charge in [-0.15, -0.1) is 0 Å². The number of nitrogens with one attached hydrogen (secondary N) is 1. The molecular weight excluding hydrogens is 460 g/mol. The number of aryl methyl sites for hydroxylation is 2. The Balaban J connectivity index is 1.62. The lowest BCUT2D eigenvalue weighted by atomic mass is 10.0. The van der Waals surface area contributed by atoms with Crippen LogP contribution < -0.4 is 14.4 Å². The molecule has 1 N–H and O–H groups in total. The highest BCUT2D eigenvalue weighted by molar-refractivity contribution is 7.92. The number of benzene rings is 3. The zero-order chi connectivity index (χ0) is 25.6. The molecule has 0 bridgehead atoms. The van der Waals surface area contributed by atoms with Crippen molar-refractivity contribution in [3.8, 4) is 5.75 Å². The lowest BCUT2D eigenvalue weighted by molar-refractivity contribution is 0.0947. The first-order chi connectivity index (χ1) is 16.6. The summed E-state index contributed by atoms with van der Waals surface area (Å²) in [7, 11) is -3.50. The maximum absolute atomic E-state index is 12.6. The van der Waals surface area contributed by atoms with Gasteiger partial charge in [-0.05, 0) is 72.4 Å². The fourth-order valence-corrected chi connectivity index (χ4v) is 4.66. The van der Waals surface area contributed by atoms with Crippen molar-refractivity contribution >= 4 is 21.6 Å². The lowest BCUT2D eigenvalue weighted by Crippen LogP contribution is -2.30. The van der Waals surface area contributed by atoms with Gasteiger partial charge in [-0.2, -0.15) is 0 Å². The second-order valence-corrected chi connectivity index (χ2v) is 10.9. The number of hydrogen-bond acceptors (Lipinski definition) is 4. The fraction of sp³-hybridized carbons (Fsp3) is 0.321. The van der Waals surface area contributed by atoms with E-state index in [9.17, 15) is 13.2 Å². The van der Waals surface area contributed by atoms with E-state index in [-0.39, 0.29) is 18.4 Å². The molecule has 186 valence electrons. The Hall–Kier alpha value is -3.32. The summed E-state index contributed by atoms with van der Waals surface area (Å²) >= 11 is 0. The van der Waals surface area contributed by atoms with Gasteiger partial charge in [0.15, 0.2) is 0 Å². The second-order valence-electron chi connectivity index (χ2n) is 9.03. The third-order valence-electron chi connectivity index (χ3n) is 5.90. The van der Waals surface area contributed by atoms with Crippen LogP contribution in [0.2, 0.25) is 0 Å². The fourth-order valence-electron chi connectivity index (χ4n) is 3.75. The molecule has 6 nitrogen and oxygen atoms in total. The van der Waals surface area contributed by atoms with Crippen LogP contribution in [0.1, 0.15) is 52.4 Å². The van der Waals surface area contributed by atoms with Crippen molar-refractivity contribution in [3.63, 3.8) is 0 Å². The minimum atomic E-state index is -3.50. The first-order valence-electron chi connectivity index (χ1n) is 11.7. The van der Waals surface area contributed by atoms with E-state index >= 15 is 0 Å². The highest BCUT2D eigenvalue weighted by Crippen LogP contribution is 2.30. The van der Waals surface area contributed by atoms with Crippen LogP contribution in [-0.2, 0) is 16.6 Å². The van der Waals surface area contributed by atoms with Gasteiger partial charge in [-0.25, -0.2) is 8.42 Å². The summed E-state index contributed by atoms with van der Waals surface area (Å²) in [6.07, 6.45) is 1.21. The third kappa shape index (κ3) is 7.09. The number of nitrogens with zero attached hydrogens (tertiary/aromatic N) is 1. The second kappa shape index (κ2) is 11.4. The molecule has 0 aliphatic rings. The van der Waals surface area contributed by atoms with Crippen LogP contribution in [-0.4, -0.2) is 33.7 Å². The summed E-state index contributed by atoms with van der Waals surface area (Å²) in [6.45, 7) is 9.10. The molecule has 0 saturated carbocycles. The highest BCUT2D eigenvalue weighted by Gasteiger charge is 2.21. The number of anilines is 1. The van der Waals surface area contributed by atoms with Crippen molar-refractivity contribution in [2.75, 3.05) is 23.7 Å². The molecule has 0 unspecified atom stereocenters. The SMILES string of the molecule is Cc1ccc(OCCNC(=O)c2ccc(CN(c3ccccc3C(C)C)S(C)(=O)=O)cc2)cc1C. The Morgan fingerprint density at radius 1 is 0.971 bits per heavy atom. The minimum Gasteiger partial charge on any atom is -0.492 e. The molecule has 0 aliphatic carbocycles. The topological polar surface area (TPSA) is 75.7 Å². The predicted molar refractivity (Wildman–Crippen MR) is 142 cm³/mol. The maximum Gasteiger partial charge on any atom is 0.251 e. The van der Waals surface area contributed by atoms with Crippen LogP contribution in [0.5, 0.6) is 5.75 Å². The van der Waals surface area contributed by atoms with Crippen LogP contribution in [0.3, 0.4) is 0 Å². The zero-order valence-corrected chi connectivity index (χ0v) is 21.9. The normalized spacial score (nSPS) is 11.4. The molecule has 0 aliphatic heterocycles. The molecule has 35 heavy (non-hydrogen) atoms. The molecular formula is C28H34N2O4S. The predicted octanol–water partition coefficient (Wildman–Crippen LogP) is 5.20. The Labute approximate surface area is 209 Å². The van der Waals surface area contributed by atoms with Crippen LogP contribution in [0.15, 0.2) is 66.7 Å². The number of rotatable bonds is 10. The maximum atomic E-state index is 12.6. The molecule has 0 heterocycles. The molecule has 7 heteroatoms. The van der Waals surface area contributed by atoms with E-state index in [1.807, 2.05) is 70.2 Å². The van der Waals surface area contributed by atoms with E-state index in [4.69, 9.17) is 4.74 Å². The summed E-state index contributed by atoms with van der Waals surface area (Å²) < 4.78 is 32.4. The third-order valence-corrected chi connectivity index (χ3v) is 7.03. The van der Waals surface area contributed by atoms with Crippen molar-refractivity contribution in [2.45, 2.75) is 40.2 Å². The average molecular weight is 495 g/mol. The van der Waals surface area contributed by atoms with Crippen LogP contribution in [0, 0.1) is 13.8 Å². The van der Waals surface area contributed by atoms with Gasteiger partial charge in [-0.1, -0.05) is 50.2 Å². The Kier molecular flexibility index (Phi) is 8.57. The van der Waals surface area contributed by atoms with Crippen LogP contribution >= 0.6 is 0 Å². The van der Waals surface area contributed by atoms with Crippen LogP contribution in [0.25, 0.3) is 0 Å². The van der Waals surface area contributed by atoms with Crippen molar-refractivity contribution in [2.24, 2.45) is 0 Å². The highest BCUT2D eigenvalue weighted by atomic mass is 32.2.